The number of hydrogen-bond donors (Lipinski definition) is 1. The zero-order valence-corrected chi connectivity index (χ0v) is 13.1. The average molecular weight is 296 g/mol. The largest absolute Gasteiger partial charge is 0.314 e. The molecule has 0 aliphatic rings. The van der Waals surface area contributed by atoms with E-state index in [0.717, 1.165) is 30.6 Å². The summed E-state index contributed by atoms with van der Waals surface area (Å²) < 4.78 is 0. The topological polar surface area (TPSA) is 24.9 Å². The van der Waals surface area contributed by atoms with Crippen LogP contribution in [-0.4, -0.2) is 17.6 Å². The first-order valence-electron chi connectivity index (χ1n) is 7.45. The summed E-state index contributed by atoms with van der Waals surface area (Å²) in [6.45, 7) is 3.15. The molecule has 21 heavy (non-hydrogen) atoms. The molecule has 0 bridgehead atoms. The molecule has 2 nitrogen and oxygen atoms in total. The number of hydrogen-bond acceptors (Lipinski definition) is 3. The number of thiophene rings is 1. The minimum absolute atomic E-state index is 0.447. The molecule has 3 aromatic rings. The van der Waals surface area contributed by atoms with Gasteiger partial charge in [0.1, 0.15) is 0 Å². The lowest BCUT2D eigenvalue weighted by atomic mass is 10.1. The second-order valence-electron chi connectivity index (χ2n) is 5.24. The smallest absolute Gasteiger partial charge is 0.0705 e. The maximum atomic E-state index is 4.79. The first-order valence-corrected chi connectivity index (χ1v) is 8.33. The standard InChI is InChI=1S/C18H20N2S/c1-2-19-16(13-17-7-5-11-21-17)12-15-10-9-14-6-3-4-8-18(14)20-15/h3-11,16,19H,2,12-13H2,1H3. The molecule has 1 N–H and O–H groups in total. The maximum Gasteiger partial charge on any atom is 0.0705 e. The molecule has 0 saturated carbocycles. The first-order chi connectivity index (χ1) is 10.3. The number of nitrogens with one attached hydrogen (secondary N) is 1. The van der Waals surface area contributed by atoms with Gasteiger partial charge < -0.3 is 5.32 Å². The Bertz CT molecular complexity index is 691. The van der Waals surface area contributed by atoms with Gasteiger partial charge in [-0.15, -0.1) is 11.3 Å². The van der Waals surface area contributed by atoms with E-state index in [1.54, 1.807) is 0 Å². The molecule has 0 spiro atoms. The Morgan fingerprint density at radius 2 is 1.95 bits per heavy atom. The van der Waals surface area contributed by atoms with Crippen molar-refractivity contribution in [3.8, 4) is 0 Å². The summed E-state index contributed by atoms with van der Waals surface area (Å²) in [5, 5.41) is 6.94. The number of nitrogens with zero attached hydrogens (tertiary/aromatic N) is 1. The highest BCUT2D eigenvalue weighted by molar-refractivity contribution is 7.09. The van der Waals surface area contributed by atoms with Crippen molar-refractivity contribution in [1.29, 1.82) is 0 Å². The van der Waals surface area contributed by atoms with E-state index in [2.05, 4.69) is 60.1 Å². The van der Waals surface area contributed by atoms with Gasteiger partial charge in [0, 0.05) is 28.4 Å². The summed E-state index contributed by atoms with van der Waals surface area (Å²) in [5.41, 5.74) is 2.25. The number of aromatic nitrogens is 1. The third-order valence-corrected chi connectivity index (χ3v) is 4.53. The van der Waals surface area contributed by atoms with Crippen LogP contribution in [0.4, 0.5) is 0 Å². The molecule has 0 saturated heterocycles. The molecular weight excluding hydrogens is 276 g/mol. The third-order valence-electron chi connectivity index (χ3n) is 3.63. The van der Waals surface area contributed by atoms with E-state index in [4.69, 9.17) is 4.98 Å². The average Bonchev–Trinajstić information content (AvgIpc) is 3.00. The maximum absolute atomic E-state index is 4.79. The Morgan fingerprint density at radius 1 is 1.05 bits per heavy atom. The van der Waals surface area contributed by atoms with E-state index in [-0.39, 0.29) is 0 Å². The van der Waals surface area contributed by atoms with Crippen LogP contribution in [0.2, 0.25) is 0 Å². The molecule has 2 heterocycles. The van der Waals surface area contributed by atoms with Crippen molar-refractivity contribution >= 4 is 22.2 Å². The Morgan fingerprint density at radius 3 is 2.76 bits per heavy atom. The number of para-hydroxylation sites is 1. The molecular formula is C18H20N2S. The zero-order valence-electron chi connectivity index (χ0n) is 12.3. The highest BCUT2D eigenvalue weighted by atomic mass is 32.1. The molecule has 0 fully saturated rings. The van der Waals surface area contributed by atoms with Gasteiger partial charge in [0.25, 0.3) is 0 Å². The molecule has 0 aliphatic heterocycles. The van der Waals surface area contributed by atoms with Gasteiger partial charge in [-0.05, 0) is 36.5 Å². The Kier molecular flexibility index (Phi) is 4.63. The van der Waals surface area contributed by atoms with E-state index in [9.17, 15) is 0 Å². The Labute approximate surface area is 129 Å². The third kappa shape index (κ3) is 3.69. The SMILES string of the molecule is CCNC(Cc1ccc2ccccc2n1)Cc1cccs1. The second-order valence-corrected chi connectivity index (χ2v) is 6.27. The molecule has 1 unspecified atom stereocenters. The van der Waals surface area contributed by atoms with Gasteiger partial charge in [0.15, 0.2) is 0 Å². The normalized spacial score (nSPS) is 12.6. The summed E-state index contributed by atoms with van der Waals surface area (Å²) in [7, 11) is 0. The lowest BCUT2D eigenvalue weighted by Gasteiger charge is -2.17. The van der Waals surface area contributed by atoms with Gasteiger partial charge in [-0.1, -0.05) is 37.3 Å². The molecule has 0 amide bonds. The lowest BCUT2D eigenvalue weighted by molar-refractivity contribution is 0.520. The van der Waals surface area contributed by atoms with Crippen LogP contribution in [-0.2, 0) is 12.8 Å². The quantitative estimate of drug-likeness (QED) is 0.742. The van der Waals surface area contributed by atoms with Crippen molar-refractivity contribution in [3.05, 3.63) is 64.5 Å². The molecule has 1 aromatic carbocycles. The predicted molar refractivity (Wildman–Crippen MR) is 90.9 cm³/mol. The van der Waals surface area contributed by atoms with E-state index in [1.165, 1.54) is 10.3 Å². The van der Waals surface area contributed by atoms with Crippen LogP contribution in [0.5, 0.6) is 0 Å². The fraction of sp³-hybridized carbons (Fsp3) is 0.278. The minimum atomic E-state index is 0.447. The van der Waals surface area contributed by atoms with Crippen LogP contribution in [0.25, 0.3) is 10.9 Å². The molecule has 1 atom stereocenters. The van der Waals surface area contributed by atoms with E-state index in [1.807, 2.05) is 17.4 Å². The highest BCUT2D eigenvalue weighted by Crippen LogP contribution is 2.16. The number of fused-ring (bicyclic) bond motifs is 1. The molecule has 3 rings (SSSR count). The monoisotopic (exact) mass is 296 g/mol. The van der Waals surface area contributed by atoms with Crippen molar-refractivity contribution in [2.75, 3.05) is 6.54 Å². The van der Waals surface area contributed by atoms with Gasteiger partial charge in [0.05, 0.1) is 5.52 Å². The van der Waals surface area contributed by atoms with Gasteiger partial charge in [-0.25, -0.2) is 0 Å². The molecule has 0 radical (unpaired) electrons. The fourth-order valence-corrected chi connectivity index (χ4v) is 3.44. The molecule has 0 aliphatic carbocycles. The van der Waals surface area contributed by atoms with Crippen LogP contribution in [0.1, 0.15) is 17.5 Å². The van der Waals surface area contributed by atoms with Crippen LogP contribution in [0, 0.1) is 0 Å². The molecule has 108 valence electrons. The van der Waals surface area contributed by atoms with Crippen molar-refractivity contribution in [3.63, 3.8) is 0 Å². The number of likely N-dealkylation sites (N-methyl/N-ethyl adjacent to an activating group) is 1. The summed E-state index contributed by atoms with van der Waals surface area (Å²) in [5.74, 6) is 0. The van der Waals surface area contributed by atoms with Crippen molar-refractivity contribution in [2.45, 2.75) is 25.8 Å². The van der Waals surface area contributed by atoms with Crippen LogP contribution < -0.4 is 5.32 Å². The van der Waals surface area contributed by atoms with Crippen molar-refractivity contribution < 1.29 is 0 Å². The summed E-state index contributed by atoms with van der Waals surface area (Å²) in [6, 6.07) is 17.4. The van der Waals surface area contributed by atoms with Gasteiger partial charge in [0.2, 0.25) is 0 Å². The Hall–Kier alpha value is -1.71. The minimum Gasteiger partial charge on any atom is -0.314 e. The number of rotatable bonds is 6. The van der Waals surface area contributed by atoms with Gasteiger partial charge >= 0.3 is 0 Å². The lowest BCUT2D eigenvalue weighted by Crippen LogP contribution is -2.33. The summed E-state index contributed by atoms with van der Waals surface area (Å²) in [4.78, 5) is 6.22. The van der Waals surface area contributed by atoms with Crippen LogP contribution >= 0.6 is 11.3 Å². The number of pyridine rings is 1. The van der Waals surface area contributed by atoms with Crippen molar-refractivity contribution in [2.24, 2.45) is 0 Å². The summed E-state index contributed by atoms with van der Waals surface area (Å²) >= 11 is 1.83. The van der Waals surface area contributed by atoms with E-state index < -0.39 is 0 Å². The predicted octanol–water partition coefficient (Wildman–Crippen LogP) is 4.06. The number of benzene rings is 1. The van der Waals surface area contributed by atoms with E-state index in [0.29, 0.717) is 6.04 Å². The summed E-state index contributed by atoms with van der Waals surface area (Å²) in [6.07, 6.45) is 2.04. The van der Waals surface area contributed by atoms with Crippen molar-refractivity contribution in [1.82, 2.24) is 10.3 Å². The van der Waals surface area contributed by atoms with Crippen LogP contribution in [0.3, 0.4) is 0 Å². The van der Waals surface area contributed by atoms with Crippen LogP contribution in [0.15, 0.2) is 53.9 Å². The van der Waals surface area contributed by atoms with Gasteiger partial charge in [-0.2, -0.15) is 0 Å². The first kappa shape index (κ1) is 14.2. The highest BCUT2D eigenvalue weighted by Gasteiger charge is 2.11. The zero-order chi connectivity index (χ0) is 14.5. The second kappa shape index (κ2) is 6.83. The van der Waals surface area contributed by atoms with E-state index >= 15 is 0 Å². The molecule has 3 heteroatoms. The molecule has 2 aromatic heterocycles. The Balaban J connectivity index is 1.76. The van der Waals surface area contributed by atoms with Gasteiger partial charge in [-0.3, -0.25) is 4.98 Å². The fourth-order valence-electron chi connectivity index (χ4n) is 2.65.